The Morgan fingerprint density at radius 1 is 0.744 bits per heavy atom. The molecule has 0 atom stereocenters. The largest absolute Gasteiger partial charge is 0.506 e. The molecule has 0 fully saturated rings. The summed E-state index contributed by atoms with van der Waals surface area (Å²) in [5.74, 6) is -0.678. The monoisotopic (exact) mass is 572 g/mol. The van der Waals surface area contributed by atoms with E-state index in [-0.39, 0.29) is 22.2 Å². The summed E-state index contributed by atoms with van der Waals surface area (Å²) in [6, 6.07) is 13.4. The molecule has 4 aromatic rings. The first-order valence-electron chi connectivity index (χ1n) is 10.8. The third kappa shape index (κ3) is 6.01. The van der Waals surface area contributed by atoms with Crippen molar-refractivity contribution in [3.05, 3.63) is 66.2 Å². The highest BCUT2D eigenvalue weighted by Gasteiger charge is 2.23. The van der Waals surface area contributed by atoms with Gasteiger partial charge < -0.3 is 14.9 Å². The van der Waals surface area contributed by atoms with Gasteiger partial charge in [-0.15, -0.1) is 10.2 Å². The van der Waals surface area contributed by atoms with Gasteiger partial charge in [-0.3, -0.25) is 9.11 Å². The SMILES string of the molecule is COc1ccc(N=Nc2cc(O)c(N=Nc3c(O)c(S(=O)(=O)O)cc4cc(S(=O)(=O)O)ccc34)cc2C)cc1. The van der Waals surface area contributed by atoms with Crippen LogP contribution in [0.1, 0.15) is 5.56 Å². The molecule has 0 aliphatic carbocycles. The van der Waals surface area contributed by atoms with Crippen LogP contribution >= 0.6 is 0 Å². The zero-order valence-corrected chi connectivity index (χ0v) is 21.8. The molecule has 4 aromatic carbocycles. The lowest BCUT2D eigenvalue weighted by atomic mass is 10.1. The van der Waals surface area contributed by atoms with Gasteiger partial charge in [0.2, 0.25) is 0 Å². The Morgan fingerprint density at radius 3 is 2.03 bits per heavy atom. The van der Waals surface area contributed by atoms with Crippen LogP contribution in [0.2, 0.25) is 0 Å². The van der Waals surface area contributed by atoms with E-state index in [1.54, 1.807) is 31.2 Å². The molecule has 202 valence electrons. The summed E-state index contributed by atoms with van der Waals surface area (Å²) in [6.07, 6.45) is 0. The van der Waals surface area contributed by atoms with E-state index in [2.05, 4.69) is 20.5 Å². The summed E-state index contributed by atoms with van der Waals surface area (Å²) in [4.78, 5) is -1.52. The summed E-state index contributed by atoms with van der Waals surface area (Å²) in [5.41, 5.74) is 0.883. The van der Waals surface area contributed by atoms with Gasteiger partial charge in [-0.05, 0) is 66.4 Å². The maximum Gasteiger partial charge on any atom is 0.298 e. The van der Waals surface area contributed by atoms with Crippen LogP contribution in [0.15, 0.2) is 90.9 Å². The average molecular weight is 573 g/mol. The number of hydrogen-bond donors (Lipinski definition) is 4. The molecule has 0 heterocycles. The molecular weight excluding hydrogens is 552 g/mol. The van der Waals surface area contributed by atoms with Gasteiger partial charge >= 0.3 is 0 Å². The summed E-state index contributed by atoms with van der Waals surface area (Å²) in [5, 5.41) is 37.0. The summed E-state index contributed by atoms with van der Waals surface area (Å²) >= 11 is 0. The van der Waals surface area contributed by atoms with E-state index < -0.39 is 41.5 Å². The molecular formula is C24H20N4O9S2. The quantitative estimate of drug-likeness (QED) is 0.153. The highest BCUT2D eigenvalue weighted by Crippen LogP contribution is 2.43. The molecule has 0 aromatic heterocycles. The normalized spacial score (nSPS) is 12.5. The maximum absolute atomic E-state index is 11.8. The number of benzene rings is 4. The first-order valence-corrected chi connectivity index (χ1v) is 13.7. The van der Waals surface area contributed by atoms with E-state index in [0.717, 1.165) is 24.3 Å². The smallest absolute Gasteiger partial charge is 0.298 e. The Kier molecular flexibility index (Phi) is 7.34. The molecule has 0 saturated heterocycles. The number of rotatable bonds is 7. The van der Waals surface area contributed by atoms with Crippen LogP contribution in [-0.4, -0.2) is 43.3 Å². The number of phenolic OH excluding ortho intramolecular Hbond substituents is 2. The van der Waals surface area contributed by atoms with Gasteiger partial charge in [0.05, 0.1) is 23.4 Å². The van der Waals surface area contributed by atoms with Crippen LogP contribution < -0.4 is 4.74 Å². The van der Waals surface area contributed by atoms with E-state index in [1.807, 2.05) is 0 Å². The van der Waals surface area contributed by atoms with Gasteiger partial charge in [0.25, 0.3) is 20.2 Å². The van der Waals surface area contributed by atoms with E-state index in [0.29, 0.717) is 22.7 Å². The van der Waals surface area contributed by atoms with Crippen LogP contribution in [0, 0.1) is 6.92 Å². The zero-order chi connectivity index (χ0) is 28.5. The predicted octanol–water partition coefficient (Wildman–Crippen LogP) is 5.89. The lowest BCUT2D eigenvalue weighted by Gasteiger charge is -2.10. The van der Waals surface area contributed by atoms with Crippen molar-refractivity contribution in [2.75, 3.05) is 7.11 Å². The van der Waals surface area contributed by atoms with Crippen LogP contribution in [0.4, 0.5) is 22.7 Å². The van der Waals surface area contributed by atoms with Gasteiger partial charge in [0, 0.05) is 11.5 Å². The van der Waals surface area contributed by atoms with Crippen molar-refractivity contribution in [2.45, 2.75) is 16.7 Å². The Hall–Kier alpha value is -4.44. The van der Waals surface area contributed by atoms with Crippen molar-refractivity contribution < 1.29 is 40.9 Å². The number of azo groups is 2. The zero-order valence-electron chi connectivity index (χ0n) is 20.2. The topological polar surface area (TPSA) is 208 Å². The second-order valence-electron chi connectivity index (χ2n) is 8.13. The second kappa shape index (κ2) is 10.4. The fraction of sp³-hybridized carbons (Fsp3) is 0.0833. The van der Waals surface area contributed by atoms with Crippen molar-refractivity contribution in [1.82, 2.24) is 0 Å². The van der Waals surface area contributed by atoms with Gasteiger partial charge in [0.15, 0.2) is 5.75 Å². The standard InChI is InChI=1S/C24H20N4O9S2/c1-13-9-20(21(29)12-19(13)26-25-15-3-5-16(37-2)6-4-15)27-28-23-18-8-7-17(38(31,32)33)10-14(18)11-22(24(23)30)39(34,35)36/h3-12,29-30H,1-2H3,(H,31,32,33)(H,34,35,36). The molecule has 0 aliphatic rings. The molecule has 39 heavy (non-hydrogen) atoms. The van der Waals surface area contributed by atoms with E-state index in [1.165, 1.54) is 19.2 Å². The molecule has 15 heteroatoms. The van der Waals surface area contributed by atoms with Crippen molar-refractivity contribution in [3.63, 3.8) is 0 Å². The Balaban J connectivity index is 1.76. The average Bonchev–Trinajstić information content (AvgIpc) is 2.87. The first-order chi connectivity index (χ1) is 18.3. The third-order valence-electron chi connectivity index (χ3n) is 5.49. The summed E-state index contributed by atoms with van der Waals surface area (Å²) in [7, 11) is -8.08. The van der Waals surface area contributed by atoms with Gasteiger partial charge in [-0.2, -0.15) is 27.1 Å². The van der Waals surface area contributed by atoms with Crippen LogP contribution in [0.5, 0.6) is 17.2 Å². The summed E-state index contributed by atoms with van der Waals surface area (Å²) < 4.78 is 70.7. The van der Waals surface area contributed by atoms with Crippen molar-refractivity contribution in [2.24, 2.45) is 20.5 Å². The molecule has 0 unspecified atom stereocenters. The second-order valence-corrected chi connectivity index (χ2v) is 10.9. The first kappa shape index (κ1) is 27.6. The Morgan fingerprint density at radius 2 is 1.41 bits per heavy atom. The molecule has 0 saturated carbocycles. The van der Waals surface area contributed by atoms with Gasteiger partial charge in [-0.25, -0.2) is 0 Å². The van der Waals surface area contributed by atoms with Crippen molar-refractivity contribution in [3.8, 4) is 17.2 Å². The number of ether oxygens (including phenoxy) is 1. The Labute approximate surface area is 222 Å². The van der Waals surface area contributed by atoms with Gasteiger partial charge in [-0.1, -0.05) is 6.07 Å². The number of hydrogen-bond acceptors (Lipinski definition) is 11. The Bertz CT molecular complexity index is 1870. The highest BCUT2D eigenvalue weighted by molar-refractivity contribution is 7.86. The molecule has 0 amide bonds. The van der Waals surface area contributed by atoms with E-state index in [9.17, 15) is 36.2 Å². The van der Waals surface area contributed by atoms with E-state index >= 15 is 0 Å². The fourth-order valence-corrected chi connectivity index (χ4v) is 4.64. The van der Waals surface area contributed by atoms with Crippen LogP contribution in [0.3, 0.4) is 0 Å². The number of nitrogens with zero attached hydrogens (tertiary/aromatic N) is 4. The van der Waals surface area contributed by atoms with Crippen LogP contribution in [-0.2, 0) is 20.2 Å². The van der Waals surface area contributed by atoms with Crippen LogP contribution in [0.25, 0.3) is 10.8 Å². The molecule has 4 rings (SSSR count). The molecule has 0 aliphatic heterocycles. The molecule has 4 N–H and O–H groups in total. The number of aromatic hydroxyl groups is 2. The minimum atomic E-state index is -4.98. The minimum absolute atomic E-state index is 0.0390. The highest BCUT2D eigenvalue weighted by atomic mass is 32.2. The molecule has 0 spiro atoms. The van der Waals surface area contributed by atoms with Crippen molar-refractivity contribution >= 4 is 53.8 Å². The molecule has 13 nitrogen and oxygen atoms in total. The maximum atomic E-state index is 11.8. The number of fused-ring (bicyclic) bond motifs is 1. The lowest BCUT2D eigenvalue weighted by molar-refractivity contribution is 0.415. The molecule has 0 bridgehead atoms. The third-order valence-corrected chi connectivity index (χ3v) is 7.21. The minimum Gasteiger partial charge on any atom is -0.506 e. The van der Waals surface area contributed by atoms with E-state index in [4.69, 9.17) is 4.74 Å². The number of aryl methyl sites for hydroxylation is 1. The van der Waals surface area contributed by atoms with Crippen molar-refractivity contribution in [1.29, 1.82) is 0 Å². The number of phenols is 2. The van der Waals surface area contributed by atoms with Gasteiger partial charge in [0.1, 0.15) is 27.8 Å². The summed E-state index contributed by atoms with van der Waals surface area (Å²) in [6.45, 7) is 1.67. The predicted molar refractivity (Wildman–Crippen MR) is 139 cm³/mol. The number of methoxy groups -OCH3 is 1. The lowest BCUT2D eigenvalue weighted by Crippen LogP contribution is -2.00. The fourth-order valence-electron chi connectivity index (χ4n) is 3.51. The molecule has 0 radical (unpaired) electrons.